The zero-order valence-corrected chi connectivity index (χ0v) is 9.16. The summed E-state index contributed by atoms with van der Waals surface area (Å²) in [5.41, 5.74) is 2.80. The number of anilines is 1. The summed E-state index contributed by atoms with van der Waals surface area (Å²) < 4.78 is 0. The second-order valence-electron chi connectivity index (χ2n) is 3.91. The highest BCUT2D eigenvalue weighted by atomic mass is 16.1. The van der Waals surface area contributed by atoms with Gasteiger partial charge in [0, 0.05) is 37.6 Å². The number of fused-ring (bicyclic) bond motifs is 1. The van der Waals surface area contributed by atoms with Crippen molar-refractivity contribution in [3.05, 3.63) is 30.0 Å². The summed E-state index contributed by atoms with van der Waals surface area (Å²) >= 11 is 0. The van der Waals surface area contributed by atoms with Gasteiger partial charge in [0.05, 0.1) is 5.69 Å². The summed E-state index contributed by atoms with van der Waals surface area (Å²) in [7, 11) is 3.99. The minimum absolute atomic E-state index is 0.0672. The molecule has 0 aliphatic heterocycles. The number of hydrogen-bond acceptors (Lipinski definition) is 2. The molecule has 0 atom stereocenters. The summed E-state index contributed by atoms with van der Waals surface area (Å²) in [5, 5.41) is 1.07. The fourth-order valence-corrected chi connectivity index (χ4v) is 1.58. The molecule has 0 saturated heterocycles. The summed E-state index contributed by atoms with van der Waals surface area (Å²) in [5.74, 6) is 0.0672. The van der Waals surface area contributed by atoms with Crippen LogP contribution in [0.15, 0.2) is 24.3 Å². The number of benzene rings is 1. The molecule has 1 aromatic carbocycles. The fourth-order valence-electron chi connectivity index (χ4n) is 1.58. The van der Waals surface area contributed by atoms with Gasteiger partial charge in [0.2, 0.25) is 0 Å². The maximum absolute atomic E-state index is 11.2. The minimum Gasteiger partial charge on any atom is -0.378 e. The number of carbonyl (C=O) groups is 1. The van der Waals surface area contributed by atoms with Crippen molar-refractivity contribution in [1.82, 2.24) is 4.98 Å². The van der Waals surface area contributed by atoms with Gasteiger partial charge in [0.15, 0.2) is 5.78 Å². The topological polar surface area (TPSA) is 36.1 Å². The smallest absolute Gasteiger partial charge is 0.175 e. The highest BCUT2D eigenvalue weighted by Crippen LogP contribution is 2.21. The van der Waals surface area contributed by atoms with Gasteiger partial charge < -0.3 is 9.88 Å². The highest BCUT2D eigenvalue weighted by molar-refractivity contribution is 5.98. The number of carbonyl (C=O) groups excluding carboxylic acids is 1. The van der Waals surface area contributed by atoms with Crippen LogP contribution in [0.1, 0.15) is 17.4 Å². The van der Waals surface area contributed by atoms with Crippen molar-refractivity contribution in [2.24, 2.45) is 0 Å². The molecule has 0 spiro atoms. The summed E-state index contributed by atoms with van der Waals surface area (Å²) in [6.07, 6.45) is 0. The van der Waals surface area contributed by atoms with E-state index in [0.29, 0.717) is 5.69 Å². The number of rotatable bonds is 2. The number of ketones is 1. The summed E-state index contributed by atoms with van der Waals surface area (Å²) in [6, 6.07) is 7.99. The van der Waals surface area contributed by atoms with Crippen LogP contribution >= 0.6 is 0 Å². The monoisotopic (exact) mass is 202 g/mol. The van der Waals surface area contributed by atoms with Gasteiger partial charge in [-0.1, -0.05) is 6.07 Å². The maximum atomic E-state index is 11.2. The molecule has 0 saturated carbocycles. The molecule has 78 valence electrons. The molecule has 3 heteroatoms. The van der Waals surface area contributed by atoms with Gasteiger partial charge in [0.25, 0.3) is 0 Å². The van der Waals surface area contributed by atoms with E-state index in [2.05, 4.69) is 4.98 Å². The van der Waals surface area contributed by atoms with Crippen LogP contribution in [-0.4, -0.2) is 24.9 Å². The third kappa shape index (κ3) is 1.73. The van der Waals surface area contributed by atoms with Crippen molar-refractivity contribution in [2.75, 3.05) is 19.0 Å². The number of aromatic nitrogens is 1. The van der Waals surface area contributed by atoms with Gasteiger partial charge in [-0.15, -0.1) is 0 Å². The first-order valence-electron chi connectivity index (χ1n) is 4.89. The third-order valence-corrected chi connectivity index (χ3v) is 2.50. The molecule has 0 bridgehead atoms. The van der Waals surface area contributed by atoms with E-state index in [1.807, 2.05) is 43.3 Å². The maximum Gasteiger partial charge on any atom is 0.175 e. The van der Waals surface area contributed by atoms with Gasteiger partial charge >= 0.3 is 0 Å². The molecular formula is C12H14N2O. The molecule has 1 heterocycles. The lowest BCUT2D eigenvalue weighted by atomic mass is 10.2. The van der Waals surface area contributed by atoms with Crippen molar-refractivity contribution < 1.29 is 4.79 Å². The Morgan fingerprint density at radius 2 is 2.00 bits per heavy atom. The third-order valence-electron chi connectivity index (χ3n) is 2.50. The molecule has 1 N–H and O–H groups in total. The number of hydrogen-bond donors (Lipinski definition) is 1. The van der Waals surface area contributed by atoms with Crippen molar-refractivity contribution >= 4 is 22.4 Å². The Labute approximate surface area is 88.7 Å². The molecule has 15 heavy (non-hydrogen) atoms. The van der Waals surface area contributed by atoms with E-state index in [1.165, 1.54) is 0 Å². The first kappa shape index (κ1) is 9.77. The van der Waals surface area contributed by atoms with Crippen LogP contribution in [0.4, 0.5) is 5.69 Å². The molecule has 0 radical (unpaired) electrons. The first-order chi connectivity index (χ1) is 7.08. The number of Topliss-reactive ketones (excluding diaryl/α,β-unsaturated/α-hetero) is 1. The highest BCUT2D eigenvalue weighted by Gasteiger charge is 2.05. The number of nitrogens with one attached hydrogen (secondary N) is 1. The summed E-state index contributed by atoms with van der Waals surface area (Å²) in [6.45, 7) is 1.57. The van der Waals surface area contributed by atoms with Gasteiger partial charge in [-0.05, 0) is 18.2 Å². The lowest BCUT2D eigenvalue weighted by Crippen LogP contribution is -2.07. The predicted molar refractivity (Wildman–Crippen MR) is 62.6 cm³/mol. The molecular weight excluding hydrogens is 188 g/mol. The zero-order valence-electron chi connectivity index (χ0n) is 9.16. The van der Waals surface area contributed by atoms with Crippen LogP contribution in [-0.2, 0) is 0 Å². The van der Waals surface area contributed by atoms with Crippen molar-refractivity contribution in [1.29, 1.82) is 0 Å². The van der Waals surface area contributed by atoms with Gasteiger partial charge in [-0.2, -0.15) is 0 Å². The largest absolute Gasteiger partial charge is 0.378 e. The first-order valence-corrected chi connectivity index (χ1v) is 4.89. The minimum atomic E-state index is 0.0672. The Bertz CT molecular complexity index is 511. The predicted octanol–water partition coefficient (Wildman–Crippen LogP) is 2.44. The van der Waals surface area contributed by atoms with Crippen LogP contribution < -0.4 is 4.90 Å². The van der Waals surface area contributed by atoms with E-state index in [1.54, 1.807) is 6.92 Å². The standard InChI is InChI=1S/C12H14N2O/c1-8(15)11-6-9-4-5-10(14(2)3)7-12(9)13-11/h4-7,13H,1-3H3. The Morgan fingerprint density at radius 3 is 2.60 bits per heavy atom. The molecule has 3 nitrogen and oxygen atoms in total. The average molecular weight is 202 g/mol. The Morgan fingerprint density at radius 1 is 1.27 bits per heavy atom. The molecule has 0 aliphatic carbocycles. The Hall–Kier alpha value is -1.77. The van der Waals surface area contributed by atoms with Crippen LogP contribution in [0.5, 0.6) is 0 Å². The van der Waals surface area contributed by atoms with Gasteiger partial charge in [-0.3, -0.25) is 4.79 Å². The Balaban J connectivity index is 2.57. The van der Waals surface area contributed by atoms with E-state index in [4.69, 9.17) is 0 Å². The SMILES string of the molecule is CC(=O)c1cc2ccc(N(C)C)cc2[nH]1. The number of H-pyrrole nitrogens is 1. The van der Waals surface area contributed by atoms with E-state index in [-0.39, 0.29) is 5.78 Å². The molecule has 2 aromatic rings. The Kier molecular flexibility index (Phi) is 2.23. The lowest BCUT2D eigenvalue weighted by Gasteiger charge is -2.11. The van der Waals surface area contributed by atoms with E-state index < -0.39 is 0 Å². The number of nitrogens with zero attached hydrogens (tertiary/aromatic N) is 1. The average Bonchev–Trinajstić information content (AvgIpc) is 2.59. The lowest BCUT2D eigenvalue weighted by molar-refractivity contribution is 0.101. The second-order valence-corrected chi connectivity index (χ2v) is 3.91. The second kappa shape index (κ2) is 3.42. The van der Waals surface area contributed by atoms with Crippen molar-refractivity contribution in [3.8, 4) is 0 Å². The van der Waals surface area contributed by atoms with Crippen molar-refractivity contribution in [3.63, 3.8) is 0 Å². The molecule has 0 unspecified atom stereocenters. The molecule has 2 rings (SSSR count). The van der Waals surface area contributed by atoms with Crippen LogP contribution in [0.3, 0.4) is 0 Å². The fraction of sp³-hybridized carbons (Fsp3) is 0.250. The van der Waals surface area contributed by atoms with Crippen molar-refractivity contribution in [2.45, 2.75) is 6.92 Å². The molecule has 0 fully saturated rings. The van der Waals surface area contributed by atoms with E-state index in [0.717, 1.165) is 16.6 Å². The van der Waals surface area contributed by atoms with E-state index in [9.17, 15) is 4.79 Å². The zero-order chi connectivity index (χ0) is 11.0. The van der Waals surface area contributed by atoms with Gasteiger partial charge in [0.1, 0.15) is 0 Å². The molecule has 1 aromatic heterocycles. The van der Waals surface area contributed by atoms with E-state index >= 15 is 0 Å². The number of aromatic amines is 1. The van der Waals surface area contributed by atoms with Crippen LogP contribution in [0.2, 0.25) is 0 Å². The quantitative estimate of drug-likeness (QED) is 0.759. The normalized spacial score (nSPS) is 10.6. The van der Waals surface area contributed by atoms with Crippen LogP contribution in [0, 0.1) is 0 Å². The molecule has 0 aliphatic rings. The van der Waals surface area contributed by atoms with Crippen LogP contribution in [0.25, 0.3) is 10.9 Å². The molecule has 0 amide bonds. The van der Waals surface area contributed by atoms with Gasteiger partial charge in [-0.25, -0.2) is 0 Å². The summed E-state index contributed by atoms with van der Waals surface area (Å²) in [4.78, 5) is 16.3.